The van der Waals surface area contributed by atoms with Gasteiger partial charge in [0.25, 0.3) is 0 Å². The average molecular weight is 466 g/mol. The Morgan fingerprint density at radius 1 is 0.935 bits per heavy atom. The molecule has 0 aliphatic carbocycles. The Morgan fingerprint density at radius 3 is 2.10 bits per heavy atom. The highest BCUT2D eigenvalue weighted by molar-refractivity contribution is 7.98. The summed E-state index contributed by atoms with van der Waals surface area (Å²) >= 11 is 1.22. The molecule has 0 saturated heterocycles. The predicted octanol–water partition coefficient (Wildman–Crippen LogP) is 7.23. The molecule has 2 rings (SSSR count). The second-order valence-electron chi connectivity index (χ2n) is 8.32. The molecule has 0 bridgehead atoms. The molecule has 1 atom stereocenters. The van der Waals surface area contributed by atoms with E-state index in [1.165, 1.54) is 24.1 Å². The van der Waals surface area contributed by atoms with Gasteiger partial charge in [0.05, 0.1) is 12.1 Å². The molecule has 1 N–H and O–H groups in total. The Balaban J connectivity index is 2.55. The van der Waals surface area contributed by atoms with E-state index in [9.17, 15) is 26.3 Å². The lowest BCUT2D eigenvalue weighted by Crippen LogP contribution is -2.26. The van der Waals surface area contributed by atoms with Gasteiger partial charge >= 0.3 is 12.3 Å². The van der Waals surface area contributed by atoms with Gasteiger partial charge in [-0.25, -0.2) is 17.6 Å². The summed E-state index contributed by atoms with van der Waals surface area (Å²) in [5.41, 5.74) is -0.892. The molecule has 2 aromatic rings. The van der Waals surface area contributed by atoms with Crippen LogP contribution in [0.2, 0.25) is 0 Å². The number of alkyl halides is 4. The zero-order chi connectivity index (χ0) is 23.6. The van der Waals surface area contributed by atoms with Crippen molar-refractivity contribution < 1.29 is 31.1 Å². The molecule has 0 aliphatic heterocycles. The molecular weight excluding hydrogens is 440 g/mol. The Bertz CT molecular complexity index is 898. The molecule has 2 aromatic carbocycles. The van der Waals surface area contributed by atoms with Gasteiger partial charge in [0.1, 0.15) is 5.82 Å². The SMILES string of the molecule is CC(C)Oc1ccc([C@@H](NSC(C)(C)C)c2cc(F)cc(C(F)(F)C(F)F)c2)cc1F. The fourth-order valence-corrected chi connectivity index (χ4v) is 3.45. The van der Waals surface area contributed by atoms with Gasteiger partial charge in [-0.3, -0.25) is 4.72 Å². The van der Waals surface area contributed by atoms with Gasteiger partial charge in [-0.05, 0) is 76.1 Å². The highest BCUT2D eigenvalue weighted by Gasteiger charge is 2.43. The van der Waals surface area contributed by atoms with E-state index in [2.05, 4.69) is 4.72 Å². The van der Waals surface area contributed by atoms with Crippen LogP contribution in [0.5, 0.6) is 5.75 Å². The Morgan fingerprint density at radius 2 is 1.58 bits per heavy atom. The van der Waals surface area contributed by atoms with Crippen molar-refractivity contribution in [3.05, 3.63) is 64.7 Å². The van der Waals surface area contributed by atoms with Crippen molar-refractivity contribution in [3.63, 3.8) is 0 Å². The normalized spacial score (nSPS) is 13.7. The molecule has 0 radical (unpaired) electrons. The second kappa shape index (κ2) is 9.73. The lowest BCUT2D eigenvalue weighted by atomic mass is 9.95. The molecule has 0 amide bonds. The van der Waals surface area contributed by atoms with E-state index >= 15 is 0 Å². The van der Waals surface area contributed by atoms with Gasteiger partial charge in [-0.1, -0.05) is 18.0 Å². The van der Waals surface area contributed by atoms with E-state index in [0.29, 0.717) is 11.6 Å². The minimum atomic E-state index is -4.53. The van der Waals surface area contributed by atoms with Crippen LogP contribution < -0.4 is 9.46 Å². The van der Waals surface area contributed by atoms with Crippen molar-refractivity contribution in [2.45, 2.75) is 63.9 Å². The van der Waals surface area contributed by atoms with Gasteiger partial charge < -0.3 is 4.74 Å². The number of nitrogens with one attached hydrogen (secondary N) is 1. The number of hydrogen-bond acceptors (Lipinski definition) is 3. The Kier molecular flexibility index (Phi) is 7.97. The lowest BCUT2D eigenvalue weighted by Gasteiger charge is -2.26. The molecule has 0 heterocycles. The van der Waals surface area contributed by atoms with Gasteiger partial charge in [-0.15, -0.1) is 0 Å². The third-order valence-corrected chi connectivity index (χ3v) is 5.01. The largest absolute Gasteiger partial charge is 0.488 e. The molecule has 0 aromatic heterocycles. The molecule has 0 saturated carbocycles. The van der Waals surface area contributed by atoms with Crippen molar-refractivity contribution in [1.29, 1.82) is 0 Å². The van der Waals surface area contributed by atoms with Crippen LogP contribution in [0.15, 0.2) is 36.4 Å². The van der Waals surface area contributed by atoms with Crippen molar-refractivity contribution in [2.24, 2.45) is 0 Å². The van der Waals surface area contributed by atoms with Crippen LogP contribution in [0.25, 0.3) is 0 Å². The molecule has 31 heavy (non-hydrogen) atoms. The van der Waals surface area contributed by atoms with E-state index in [-0.39, 0.29) is 22.2 Å². The summed E-state index contributed by atoms with van der Waals surface area (Å²) in [4.78, 5) is 0. The van der Waals surface area contributed by atoms with Crippen LogP contribution in [0.3, 0.4) is 0 Å². The molecule has 2 nitrogen and oxygen atoms in total. The van der Waals surface area contributed by atoms with Crippen molar-refractivity contribution in [1.82, 2.24) is 4.72 Å². The molecule has 9 heteroatoms. The average Bonchev–Trinajstić information content (AvgIpc) is 2.62. The second-order valence-corrected chi connectivity index (χ2v) is 9.98. The first-order valence-electron chi connectivity index (χ1n) is 9.57. The van der Waals surface area contributed by atoms with E-state index in [0.717, 1.165) is 18.2 Å². The maximum absolute atomic E-state index is 14.6. The highest BCUT2D eigenvalue weighted by atomic mass is 32.2. The summed E-state index contributed by atoms with van der Waals surface area (Å²) in [6.45, 7) is 9.10. The van der Waals surface area contributed by atoms with Crippen LogP contribution in [-0.4, -0.2) is 17.3 Å². The summed E-state index contributed by atoms with van der Waals surface area (Å²) in [6, 6.07) is 5.24. The lowest BCUT2D eigenvalue weighted by molar-refractivity contribution is -0.135. The molecule has 172 valence electrons. The summed E-state index contributed by atoms with van der Waals surface area (Å²) < 4.78 is 90.2. The Labute approximate surface area is 182 Å². The fourth-order valence-electron chi connectivity index (χ4n) is 2.71. The zero-order valence-corrected chi connectivity index (χ0v) is 18.6. The maximum atomic E-state index is 14.6. The monoisotopic (exact) mass is 465 g/mol. The summed E-state index contributed by atoms with van der Waals surface area (Å²) in [7, 11) is 0. The van der Waals surface area contributed by atoms with E-state index in [1.54, 1.807) is 13.8 Å². The van der Waals surface area contributed by atoms with Crippen LogP contribution in [0, 0.1) is 11.6 Å². The van der Waals surface area contributed by atoms with Gasteiger partial charge in [0.15, 0.2) is 11.6 Å². The molecule has 0 fully saturated rings. The number of ether oxygens (including phenoxy) is 1. The van der Waals surface area contributed by atoms with Gasteiger partial charge in [-0.2, -0.15) is 8.78 Å². The van der Waals surface area contributed by atoms with Crippen molar-refractivity contribution >= 4 is 11.9 Å². The maximum Gasteiger partial charge on any atom is 0.332 e. The Hall–Kier alpha value is -1.87. The first kappa shape index (κ1) is 25.4. The van der Waals surface area contributed by atoms with E-state index in [4.69, 9.17) is 4.74 Å². The number of halogens is 6. The first-order chi connectivity index (χ1) is 14.2. The third kappa shape index (κ3) is 6.80. The fraction of sp³-hybridized carbons (Fsp3) is 0.455. The van der Waals surface area contributed by atoms with Crippen LogP contribution in [0.4, 0.5) is 26.3 Å². The molecule has 0 aliphatic rings. The number of hydrogen-bond donors (Lipinski definition) is 1. The first-order valence-corrected chi connectivity index (χ1v) is 10.4. The molecular formula is C22H25F6NOS. The number of rotatable bonds is 8. The van der Waals surface area contributed by atoms with Crippen LogP contribution in [0.1, 0.15) is 57.4 Å². The van der Waals surface area contributed by atoms with Gasteiger partial charge in [0.2, 0.25) is 0 Å². The molecule has 0 spiro atoms. The number of benzene rings is 2. The van der Waals surface area contributed by atoms with E-state index in [1.807, 2.05) is 20.8 Å². The zero-order valence-electron chi connectivity index (χ0n) is 17.8. The summed E-state index contributed by atoms with van der Waals surface area (Å²) in [6.07, 6.45) is -4.27. The summed E-state index contributed by atoms with van der Waals surface area (Å²) in [5.74, 6) is -6.31. The van der Waals surface area contributed by atoms with Crippen molar-refractivity contribution in [3.8, 4) is 5.75 Å². The third-order valence-electron chi connectivity index (χ3n) is 4.05. The van der Waals surface area contributed by atoms with Gasteiger partial charge in [0, 0.05) is 10.3 Å². The minimum absolute atomic E-state index is 0.00476. The highest BCUT2D eigenvalue weighted by Crippen LogP contribution is 2.38. The predicted molar refractivity (Wildman–Crippen MR) is 111 cm³/mol. The molecule has 0 unspecified atom stereocenters. The smallest absolute Gasteiger partial charge is 0.332 e. The quantitative estimate of drug-likeness (QED) is 0.328. The van der Waals surface area contributed by atoms with Crippen molar-refractivity contribution in [2.75, 3.05) is 0 Å². The van der Waals surface area contributed by atoms with E-state index < -0.39 is 35.6 Å². The summed E-state index contributed by atoms with van der Waals surface area (Å²) in [5, 5.41) is 0. The minimum Gasteiger partial charge on any atom is -0.488 e. The van der Waals surface area contributed by atoms with Crippen LogP contribution >= 0.6 is 11.9 Å². The van der Waals surface area contributed by atoms with Crippen LogP contribution in [-0.2, 0) is 5.92 Å². The standard InChI is InChI=1S/C22H25F6NOS/c1-12(2)30-18-7-6-13(10-17(18)24)19(29-31-21(3,4)5)14-8-15(11-16(23)9-14)22(27,28)20(25)26/h6-12,19-20,29H,1-5H3/t19-/m1/s1. The topological polar surface area (TPSA) is 21.3 Å².